The maximum Gasteiger partial charge on any atom is 0.258 e. The van der Waals surface area contributed by atoms with E-state index in [1.165, 1.54) is 0 Å². The molecular weight excluding hydrogens is 354 g/mol. The van der Waals surface area contributed by atoms with Crippen LogP contribution >= 0.6 is 0 Å². The van der Waals surface area contributed by atoms with Crippen molar-refractivity contribution in [2.24, 2.45) is 11.8 Å². The van der Waals surface area contributed by atoms with E-state index < -0.39 is 0 Å². The first-order valence-corrected chi connectivity index (χ1v) is 10.5. The Morgan fingerprint density at radius 1 is 1.32 bits per heavy atom. The van der Waals surface area contributed by atoms with Gasteiger partial charge in [0.2, 0.25) is 5.91 Å². The van der Waals surface area contributed by atoms with Crippen LogP contribution in [-0.2, 0) is 11.3 Å². The minimum absolute atomic E-state index is 0.0156. The Kier molecular flexibility index (Phi) is 5.19. The molecule has 0 aromatic carbocycles. The summed E-state index contributed by atoms with van der Waals surface area (Å²) in [5.74, 6) is -0.433. The number of carbonyl (C=O) groups excluding carboxylic acids is 1. The van der Waals surface area contributed by atoms with E-state index in [0.29, 0.717) is 6.54 Å². The second kappa shape index (κ2) is 7.48. The second-order valence-electron chi connectivity index (χ2n) is 8.56. The molecule has 6 heteroatoms. The third-order valence-corrected chi connectivity index (χ3v) is 6.77. The largest absolute Gasteiger partial charge is 0.396 e. The zero-order valence-corrected chi connectivity index (χ0v) is 17.1. The summed E-state index contributed by atoms with van der Waals surface area (Å²) in [6.07, 6.45) is 6.27. The van der Waals surface area contributed by atoms with E-state index in [1.807, 2.05) is 10.6 Å². The molecule has 1 N–H and O–H groups in total. The lowest BCUT2D eigenvalue weighted by Crippen LogP contribution is -2.47. The van der Waals surface area contributed by atoms with E-state index in [4.69, 9.17) is 0 Å². The number of pyridine rings is 1. The van der Waals surface area contributed by atoms with E-state index in [1.54, 1.807) is 19.0 Å². The Labute approximate surface area is 166 Å². The minimum atomic E-state index is -0.318. The number of aromatic nitrogens is 1. The van der Waals surface area contributed by atoms with Crippen LogP contribution in [0.1, 0.15) is 49.9 Å². The van der Waals surface area contributed by atoms with Gasteiger partial charge in [-0.05, 0) is 49.9 Å². The highest BCUT2D eigenvalue weighted by molar-refractivity contribution is 5.80. The number of rotatable bonds is 5. The first kappa shape index (κ1) is 19.4. The van der Waals surface area contributed by atoms with Crippen molar-refractivity contribution in [2.75, 3.05) is 27.2 Å². The van der Waals surface area contributed by atoms with Gasteiger partial charge in [-0.2, -0.15) is 0 Å². The van der Waals surface area contributed by atoms with Crippen molar-refractivity contribution in [2.45, 2.75) is 51.2 Å². The van der Waals surface area contributed by atoms with Gasteiger partial charge in [0.25, 0.3) is 5.56 Å². The summed E-state index contributed by atoms with van der Waals surface area (Å²) in [6, 6.07) is 3.88. The van der Waals surface area contributed by atoms with Gasteiger partial charge in [-0.3, -0.25) is 14.5 Å². The fourth-order valence-corrected chi connectivity index (χ4v) is 5.53. The number of aliphatic hydroxyl groups is 1. The molecule has 1 amide bonds. The van der Waals surface area contributed by atoms with Gasteiger partial charge in [-0.25, -0.2) is 0 Å². The Morgan fingerprint density at radius 2 is 2.11 bits per heavy atom. The minimum Gasteiger partial charge on any atom is -0.396 e. The van der Waals surface area contributed by atoms with Gasteiger partial charge in [0, 0.05) is 50.5 Å². The van der Waals surface area contributed by atoms with Crippen LogP contribution in [0.25, 0.3) is 5.57 Å². The van der Waals surface area contributed by atoms with E-state index in [0.717, 1.165) is 49.1 Å². The van der Waals surface area contributed by atoms with Gasteiger partial charge in [0.05, 0.1) is 12.0 Å². The fourth-order valence-electron chi connectivity index (χ4n) is 5.53. The molecule has 4 rings (SSSR count). The third kappa shape index (κ3) is 2.85. The molecule has 1 aliphatic carbocycles. The molecule has 1 aromatic rings. The molecule has 3 aliphatic rings. The lowest BCUT2D eigenvalue weighted by Gasteiger charge is -2.38. The lowest BCUT2D eigenvalue weighted by atomic mass is 9.86. The van der Waals surface area contributed by atoms with Crippen molar-refractivity contribution >= 4 is 11.5 Å². The molecule has 0 radical (unpaired) electrons. The van der Waals surface area contributed by atoms with Crippen molar-refractivity contribution in [1.29, 1.82) is 0 Å². The standard InChI is InChI=1S/C22H31N3O3/c1-4-11-24-18-12-25-17(10-9-15(21(25)27)14-7-5-6-8-14)20(24)19(16(18)13-26)22(28)23(2)3/h7,9-10,16,18-20,26H,4-6,8,11-13H2,1-3H3/t16-,18-,19+,20+/m1/s1. The average molecular weight is 386 g/mol. The van der Waals surface area contributed by atoms with Crippen LogP contribution in [0.3, 0.4) is 0 Å². The molecule has 1 saturated heterocycles. The predicted octanol–water partition coefficient (Wildman–Crippen LogP) is 1.88. The van der Waals surface area contributed by atoms with Crippen LogP contribution < -0.4 is 5.56 Å². The molecule has 0 saturated carbocycles. The summed E-state index contributed by atoms with van der Waals surface area (Å²) in [5, 5.41) is 10.2. The third-order valence-electron chi connectivity index (χ3n) is 6.77. The molecule has 3 heterocycles. The Balaban J connectivity index is 1.84. The second-order valence-corrected chi connectivity index (χ2v) is 8.56. The van der Waals surface area contributed by atoms with Crippen LogP contribution in [0.15, 0.2) is 23.0 Å². The first-order valence-electron chi connectivity index (χ1n) is 10.5. The smallest absolute Gasteiger partial charge is 0.258 e. The van der Waals surface area contributed by atoms with Crippen LogP contribution in [-0.4, -0.2) is 58.7 Å². The molecule has 0 unspecified atom stereocenters. The number of nitrogens with zero attached hydrogens (tertiary/aromatic N) is 3. The number of allylic oxidation sites excluding steroid dienone is 2. The highest BCUT2D eigenvalue weighted by atomic mass is 16.3. The van der Waals surface area contributed by atoms with Gasteiger partial charge < -0.3 is 14.6 Å². The van der Waals surface area contributed by atoms with Crippen molar-refractivity contribution in [3.8, 4) is 0 Å². The normalized spacial score (nSPS) is 28.9. The zero-order chi connectivity index (χ0) is 20.0. The number of hydrogen-bond donors (Lipinski definition) is 1. The van der Waals surface area contributed by atoms with Gasteiger partial charge in [0.15, 0.2) is 0 Å². The van der Waals surface area contributed by atoms with Gasteiger partial charge in [0.1, 0.15) is 0 Å². The van der Waals surface area contributed by atoms with E-state index in [9.17, 15) is 14.7 Å². The molecule has 1 fully saturated rings. The van der Waals surface area contributed by atoms with Crippen LogP contribution in [0.4, 0.5) is 0 Å². The fraction of sp³-hybridized carbons (Fsp3) is 0.636. The molecule has 2 bridgehead atoms. The number of hydrogen-bond acceptors (Lipinski definition) is 4. The van der Waals surface area contributed by atoms with E-state index in [2.05, 4.69) is 24.0 Å². The average Bonchev–Trinajstić information content (AvgIpc) is 3.27. The Bertz CT molecular complexity index is 857. The zero-order valence-electron chi connectivity index (χ0n) is 17.1. The molecule has 1 aromatic heterocycles. The summed E-state index contributed by atoms with van der Waals surface area (Å²) in [4.78, 5) is 30.4. The van der Waals surface area contributed by atoms with Crippen molar-refractivity contribution in [3.63, 3.8) is 0 Å². The maximum atomic E-state index is 13.3. The van der Waals surface area contributed by atoms with Crippen LogP contribution in [0.2, 0.25) is 0 Å². The molecule has 28 heavy (non-hydrogen) atoms. The monoisotopic (exact) mass is 385 g/mol. The number of amides is 1. The SMILES string of the molecule is CCCN1[C@@H]2Cn3c(ccc(C4=CCCC4)c3=O)[C@H]1[C@@H](C(=O)N(C)C)[C@@H]2CO. The van der Waals surface area contributed by atoms with Gasteiger partial charge in [-0.1, -0.05) is 13.0 Å². The van der Waals surface area contributed by atoms with E-state index >= 15 is 0 Å². The molecular formula is C22H31N3O3. The van der Waals surface area contributed by atoms with Gasteiger partial charge in [-0.15, -0.1) is 0 Å². The molecule has 152 valence electrons. The molecule has 6 nitrogen and oxygen atoms in total. The first-order chi connectivity index (χ1) is 13.5. The van der Waals surface area contributed by atoms with Crippen molar-refractivity contribution < 1.29 is 9.90 Å². The molecule has 4 atom stereocenters. The quantitative estimate of drug-likeness (QED) is 0.841. The number of fused-ring (bicyclic) bond motifs is 4. The van der Waals surface area contributed by atoms with Crippen molar-refractivity contribution in [3.05, 3.63) is 39.8 Å². The van der Waals surface area contributed by atoms with Crippen molar-refractivity contribution in [1.82, 2.24) is 14.4 Å². The van der Waals surface area contributed by atoms with E-state index in [-0.39, 0.29) is 42.0 Å². The summed E-state index contributed by atoms with van der Waals surface area (Å²) < 4.78 is 1.89. The molecule has 2 aliphatic heterocycles. The summed E-state index contributed by atoms with van der Waals surface area (Å²) in [6.45, 7) is 3.51. The Hall–Kier alpha value is -1.92. The topological polar surface area (TPSA) is 65.8 Å². The summed E-state index contributed by atoms with van der Waals surface area (Å²) in [5.41, 5.74) is 2.95. The van der Waals surface area contributed by atoms with Gasteiger partial charge >= 0.3 is 0 Å². The molecule has 0 spiro atoms. The number of aliphatic hydroxyl groups excluding tert-OH is 1. The maximum absolute atomic E-state index is 13.3. The summed E-state index contributed by atoms with van der Waals surface area (Å²) >= 11 is 0. The summed E-state index contributed by atoms with van der Waals surface area (Å²) in [7, 11) is 3.54. The Morgan fingerprint density at radius 3 is 2.71 bits per heavy atom. The highest BCUT2D eigenvalue weighted by Crippen LogP contribution is 2.48. The lowest BCUT2D eigenvalue weighted by molar-refractivity contribution is -0.135. The van der Waals surface area contributed by atoms with Crippen LogP contribution in [0.5, 0.6) is 0 Å². The predicted molar refractivity (Wildman–Crippen MR) is 109 cm³/mol. The highest BCUT2D eigenvalue weighted by Gasteiger charge is 2.55. The van der Waals surface area contributed by atoms with Crippen LogP contribution in [0, 0.1) is 11.8 Å². The number of carbonyl (C=O) groups is 1.